The first kappa shape index (κ1) is 40.5. The molecule has 328 valence electrons. The molecule has 0 N–H and O–H groups in total. The molecule has 3 aromatic heterocycles. The number of benzene rings is 11. The van der Waals surface area contributed by atoms with Crippen LogP contribution in [-0.4, -0.2) is 17.2 Å². The summed E-state index contributed by atoms with van der Waals surface area (Å²) in [6.07, 6.45) is 0. The summed E-state index contributed by atoms with van der Waals surface area (Å²) in [7, 11) is -2.77. The lowest BCUT2D eigenvalue weighted by atomic mass is 10.00. The van der Waals surface area contributed by atoms with Crippen molar-refractivity contribution in [2.45, 2.75) is 0 Å². The Balaban J connectivity index is 0.990. The van der Waals surface area contributed by atoms with E-state index in [1.807, 2.05) is 11.3 Å². The predicted octanol–water partition coefficient (Wildman–Crippen LogP) is 15.0. The van der Waals surface area contributed by atoms with Crippen molar-refractivity contribution in [1.29, 1.82) is 0 Å². The van der Waals surface area contributed by atoms with Gasteiger partial charge in [0.05, 0.1) is 22.1 Å². The van der Waals surface area contributed by atoms with Gasteiger partial charge in [0.1, 0.15) is 0 Å². The Morgan fingerprint density at radius 1 is 0.271 bits per heavy atom. The minimum atomic E-state index is -2.77. The van der Waals surface area contributed by atoms with Crippen molar-refractivity contribution in [3.05, 3.63) is 267 Å². The zero-order valence-electron chi connectivity index (χ0n) is 38.2. The van der Waals surface area contributed by atoms with E-state index in [2.05, 4.69) is 276 Å². The molecule has 0 unspecified atom stereocenters. The van der Waals surface area contributed by atoms with E-state index in [4.69, 9.17) is 0 Å². The summed E-state index contributed by atoms with van der Waals surface area (Å²) >= 11 is 1.89. The second-order valence-electron chi connectivity index (χ2n) is 18.4. The third-order valence-electron chi connectivity index (χ3n) is 14.7. The predicted molar refractivity (Wildman–Crippen MR) is 302 cm³/mol. The molecule has 4 heteroatoms. The standard InChI is InChI=1S/C66H44N2SSi/c1-5-19-45(20-6-1)46-36-39-62-59(41-46)56-38-35-47(54-31-18-32-58-57-30-14-16-34-65(57)69-66(54)58)42-64(56)68(62)49-37-40-63-60(44-49)55-29-13-15-33-61(55)67(63)48-21-17-28-53(43-48)70(50-22-7-2-8-23-50,51-24-9-3-10-25-51)52-26-11-4-12-27-52/h1-44H. The molecule has 14 aromatic rings. The fourth-order valence-corrected chi connectivity index (χ4v) is 17.6. The number of aromatic nitrogens is 2. The van der Waals surface area contributed by atoms with Gasteiger partial charge in [-0.3, -0.25) is 0 Å². The van der Waals surface area contributed by atoms with Crippen LogP contribution in [-0.2, 0) is 0 Å². The highest BCUT2D eigenvalue weighted by molar-refractivity contribution is 7.26. The maximum Gasteiger partial charge on any atom is 0.179 e. The van der Waals surface area contributed by atoms with Crippen molar-refractivity contribution in [1.82, 2.24) is 9.13 Å². The summed E-state index contributed by atoms with van der Waals surface area (Å²) in [5.41, 5.74) is 11.9. The lowest BCUT2D eigenvalue weighted by Crippen LogP contribution is -2.74. The van der Waals surface area contributed by atoms with E-state index in [-0.39, 0.29) is 0 Å². The van der Waals surface area contributed by atoms with Gasteiger partial charge in [-0.1, -0.05) is 206 Å². The number of nitrogens with zero attached hydrogens (tertiary/aromatic N) is 2. The number of hydrogen-bond acceptors (Lipinski definition) is 1. The van der Waals surface area contributed by atoms with E-state index in [0.717, 1.165) is 11.4 Å². The van der Waals surface area contributed by atoms with Crippen LogP contribution in [0.4, 0.5) is 0 Å². The number of thiophene rings is 1. The lowest BCUT2D eigenvalue weighted by Gasteiger charge is -2.34. The molecule has 3 heterocycles. The van der Waals surface area contributed by atoms with Crippen molar-refractivity contribution in [2.75, 3.05) is 0 Å². The smallest absolute Gasteiger partial charge is 0.179 e. The second kappa shape index (κ2) is 16.3. The largest absolute Gasteiger partial charge is 0.309 e. The molecule has 70 heavy (non-hydrogen) atoms. The van der Waals surface area contributed by atoms with E-state index in [9.17, 15) is 0 Å². The summed E-state index contributed by atoms with van der Waals surface area (Å²) < 4.78 is 7.63. The average molecular weight is 925 g/mol. The maximum absolute atomic E-state index is 2.77. The summed E-state index contributed by atoms with van der Waals surface area (Å²) in [5.74, 6) is 0. The second-order valence-corrected chi connectivity index (χ2v) is 23.3. The van der Waals surface area contributed by atoms with Gasteiger partial charge < -0.3 is 9.13 Å². The normalized spacial score (nSPS) is 12.0. The Morgan fingerprint density at radius 3 is 1.51 bits per heavy atom. The van der Waals surface area contributed by atoms with Gasteiger partial charge in [0, 0.05) is 53.1 Å². The summed E-state index contributed by atoms with van der Waals surface area (Å²) in [5, 5.41) is 13.0. The fraction of sp³-hybridized carbons (Fsp3) is 0. The number of rotatable bonds is 8. The molecule has 2 nitrogen and oxygen atoms in total. The van der Waals surface area contributed by atoms with Crippen molar-refractivity contribution in [2.24, 2.45) is 0 Å². The molecule has 0 amide bonds. The van der Waals surface area contributed by atoms with Crippen LogP contribution in [0.1, 0.15) is 0 Å². The Bertz CT molecular complexity index is 4190. The topological polar surface area (TPSA) is 9.86 Å². The van der Waals surface area contributed by atoms with Crippen LogP contribution in [0.25, 0.3) is 97.4 Å². The molecule has 0 aliphatic rings. The quantitative estimate of drug-likeness (QED) is 0.106. The molecule has 0 aliphatic heterocycles. The van der Waals surface area contributed by atoms with Gasteiger partial charge in [-0.25, -0.2) is 0 Å². The lowest BCUT2D eigenvalue weighted by molar-refractivity contribution is 1.17. The number of fused-ring (bicyclic) bond motifs is 9. The van der Waals surface area contributed by atoms with Crippen LogP contribution in [0.2, 0.25) is 0 Å². The van der Waals surface area contributed by atoms with Crippen molar-refractivity contribution < 1.29 is 0 Å². The van der Waals surface area contributed by atoms with E-state index in [0.29, 0.717) is 0 Å². The first-order valence-corrected chi connectivity index (χ1v) is 26.9. The number of para-hydroxylation sites is 1. The maximum atomic E-state index is 2.50. The Hall–Kier alpha value is -8.54. The average Bonchev–Trinajstić information content (AvgIpc) is 4.10. The highest BCUT2D eigenvalue weighted by atomic mass is 32.1. The Labute approximate surface area is 411 Å². The molecular weight excluding hydrogens is 881 g/mol. The van der Waals surface area contributed by atoms with E-state index in [1.54, 1.807) is 0 Å². The van der Waals surface area contributed by atoms with Gasteiger partial charge in [-0.15, -0.1) is 11.3 Å². The number of hydrogen-bond donors (Lipinski definition) is 0. The summed E-state index contributed by atoms with van der Waals surface area (Å²) in [6.45, 7) is 0. The molecule has 0 spiro atoms. The highest BCUT2D eigenvalue weighted by Crippen LogP contribution is 2.43. The first-order chi connectivity index (χ1) is 34.7. The van der Waals surface area contributed by atoms with Gasteiger partial charge >= 0.3 is 0 Å². The van der Waals surface area contributed by atoms with E-state index < -0.39 is 8.07 Å². The SMILES string of the molecule is c1ccc(-c2ccc3c(c2)c2ccc(-c4cccc5c4sc4ccccc45)cc2n3-c2ccc3c(c2)c2ccccc2n3-c2cccc([Si](c3ccccc3)(c3ccccc3)c3ccccc3)c2)cc1. The zero-order chi connectivity index (χ0) is 46.2. The van der Waals surface area contributed by atoms with Gasteiger partial charge in [0.25, 0.3) is 0 Å². The van der Waals surface area contributed by atoms with Crippen LogP contribution < -0.4 is 20.7 Å². The van der Waals surface area contributed by atoms with Crippen molar-refractivity contribution in [3.63, 3.8) is 0 Å². The van der Waals surface area contributed by atoms with Gasteiger partial charge in [-0.2, -0.15) is 0 Å². The van der Waals surface area contributed by atoms with E-state index in [1.165, 1.54) is 107 Å². The third kappa shape index (κ3) is 6.24. The highest BCUT2D eigenvalue weighted by Gasteiger charge is 2.41. The molecule has 0 aliphatic carbocycles. The molecule has 0 saturated heterocycles. The summed E-state index contributed by atoms with van der Waals surface area (Å²) in [4.78, 5) is 0. The molecule has 14 rings (SSSR count). The Kier molecular flexibility index (Phi) is 9.44. The molecule has 11 aromatic carbocycles. The molecule has 0 saturated carbocycles. The zero-order valence-corrected chi connectivity index (χ0v) is 40.0. The molecule has 0 atom stereocenters. The molecule has 0 bridgehead atoms. The van der Waals surface area contributed by atoms with Gasteiger partial charge in [0.2, 0.25) is 0 Å². The monoisotopic (exact) mass is 924 g/mol. The van der Waals surface area contributed by atoms with Gasteiger partial charge in [0.15, 0.2) is 8.07 Å². The van der Waals surface area contributed by atoms with Crippen LogP contribution in [0, 0.1) is 0 Å². The van der Waals surface area contributed by atoms with Crippen molar-refractivity contribution >= 4 is 104 Å². The first-order valence-electron chi connectivity index (χ1n) is 24.1. The molecule has 0 radical (unpaired) electrons. The van der Waals surface area contributed by atoms with Crippen LogP contribution in [0.5, 0.6) is 0 Å². The fourth-order valence-electron chi connectivity index (χ4n) is 11.6. The molecule has 0 fully saturated rings. The van der Waals surface area contributed by atoms with Crippen molar-refractivity contribution in [3.8, 4) is 33.6 Å². The third-order valence-corrected chi connectivity index (χ3v) is 20.7. The van der Waals surface area contributed by atoms with E-state index >= 15 is 0 Å². The van der Waals surface area contributed by atoms with Crippen LogP contribution in [0.3, 0.4) is 0 Å². The van der Waals surface area contributed by atoms with Gasteiger partial charge in [-0.05, 0) is 104 Å². The minimum Gasteiger partial charge on any atom is -0.309 e. The minimum absolute atomic E-state index is 1.14. The van der Waals surface area contributed by atoms with Crippen LogP contribution in [0.15, 0.2) is 267 Å². The Morgan fingerprint density at radius 2 is 0.786 bits per heavy atom. The molecular formula is C66H44N2SSi. The van der Waals surface area contributed by atoms with Crippen LogP contribution >= 0.6 is 11.3 Å². The summed E-state index contributed by atoms with van der Waals surface area (Å²) in [6, 6.07) is 99.5.